The molecule has 0 aliphatic heterocycles. The molecule has 35 heavy (non-hydrogen) atoms. The maximum Gasteiger partial charge on any atom is 0.269 e. The van der Waals surface area contributed by atoms with Crippen LogP contribution in [0.2, 0.25) is 0 Å². The van der Waals surface area contributed by atoms with Crippen LogP contribution in [0.3, 0.4) is 0 Å². The molecule has 11 heteroatoms. The van der Waals surface area contributed by atoms with E-state index in [9.17, 15) is 19.7 Å². The first-order valence-electron chi connectivity index (χ1n) is 10.8. The van der Waals surface area contributed by atoms with E-state index in [1.54, 1.807) is 24.5 Å². The summed E-state index contributed by atoms with van der Waals surface area (Å²) in [5, 5.41) is 24.8. The molecule has 0 aliphatic carbocycles. The van der Waals surface area contributed by atoms with Gasteiger partial charge in [0, 0.05) is 30.1 Å². The van der Waals surface area contributed by atoms with Gasteiger partial charge in [0.15, 0.2) is 5.16 Å². The summed E-state index contributed by atoms with van der Waals surface area (Å²) in [4.78, 5) is 35.8. The Hall–Kier alpha value is -3.99. The molecule has 0 spiro atoms. The molecule has 2 N–H and O–H groups in total. The molecule has 0 bridgehead atoms. The number of nitro benzene ring substituents is 1. The van der Waals surface area contributed by atoms with Gasteiger partial charge in [-0.25, -0.2) is 0 Å². The van der Waals surface area contributed by atoms with Crippen molar-refractivity contribution in [2.45, 2.75) is 44.1 Å². The maximum atomic E-state index is 12.8. The SMILES string of the molecule is C=CCn1c(CC(=O)Nc2cccc(C)c2)nnc1SC(C)C(=O)Nc1ccc([N+](=O)[O-])cc1C. The van der Waals surface area contributed by atoms with Gasteiger partial charge in [-0.2, -0.15) is 0 Å². The Morgan fingerprint density at radius 1 is 1.20 bits per heavy atom. The molecule has 3 aromatic rings. The van der Waals surface area contributed by atoms with Crippen molar-refractivity contribution in [1.29, 1.82) is 0 Å². The molecule has 2 amide bonds. The van der Waals surface area contributed by atoms with E-state index in [2.05, 4.69) is 27.4 Å². The molecule has 182 valence electrons. The number of nitrogens with zero attached hydrogens (tertiary/aromatic N) is 4. The van der Waals surface area contributed by atoms with Crippen molar-refractivity contribution in [1.82, 2.24) is 14.8 Å². The van der Waals surface area contributed by atoms with Gasteiger partial charge in [-0.1, -0.05) is 30.0 Å². The fourth-order valence-electron chi connectivity index (χ4n) is 3.27. The van der Waals surface area contributed by atoms with Gasteiger partial charge in [0.1, 0.15) is 5.82 Å². The number of carbonyl (C=O) groups excluding carboxylic acids is 2. The second-order valence-electron chi connectivity index (χ2n) is 7.90. The normalized spacial score (nSPS) is 11.5. The number of amides is 2. The summed E-state index contributed by atoms with van der Waals surface area (Å²) in [6.45, 7) is 9.49. The lowest BCUT2D eigenvalue weighted by atomic mass is 10.2. The van der Waals surface area contributed by atoms with E-state index in [4.69, 9.17) is 0 Å². The molecule has 0 aliphatic rings. The Morgan fingerprint density at radius 2 is 1.97 bits per heavy atom. The highest BCUT2D eigenvalue weighted by molar-refractivity contribution is 8.00. The predicted octanol–water partition coefficient (Wildman–Crippen LogP) is 4.29. The molecule has 0 saturated carbocycles. The fraction of sp³-hybridized carbons (Fsp3) is 0.250. The lowest BCUT2D eigenvalue weighted by Crippen LogP contribution is -2.23. The Balaban J connectivity index is 1.68. The number of carbonyl (C=O) groups is 2. The molecule has 1 heterocycles. The van der Waals surface area contributed by atoms with Gasteiger partial charge in [-0.3, -0.25) is 19.7 Å². The minimum Gasteiger partial charge on any atom is -0.326 e. The number of nitrogens with one attached hydrogen (secondary N) is 2. The molecule has 0 saturated heterocycles. The quantitative estimate of drug-likeness (QED) is 0.186. The summed E-state index contributed by atoms with van der Waals surface area (Å²) >= 11 is 1.19. The molecule has 1 atom stereocenters. The van der Waals surface area contributed by atoms with E-state index in [1.165, 1.54) is 30.0 Å². The number of thioether (sulfide) groups is 1. The lowest BCUT2D eigenvalue weighted by molar-refractivity contribution is -0.384. The molecule has 3 rings (SSSR count). The van der Waals surface area contributed by atoms with Crippen molar-refractivity contribution in [3.63, 3.8) is 0 Å². The van der Waals surface area contributed by atoms with Gasteiger partial charge in [0.2, 0.25) is 11.8 Å². The Kier molecular flexibility index (Phi) is 8.37. The maximum absolute atomic E-state index is 12.8. The highest BCUT2D eigenvalue weighted by Crippen LogP contribution is 2.26. The summed E-state index contributed by atoms with van der Waals surface area (Å²) in [7, 11) is 0. The number of rotatable bonds is 10. The van der Waals surface area contributed by atoms with Crippen LogP contribution in [0.15, 0.2) is 60.3 Å². The third-order valence-electron chi connectivity index (χ3n) is 5.06. The van der Waals surface area contributed by atoms with Crippen LogP contribution >= 0.6 is 11.8 Å². The third-order valence-corrected chi connectivity index (χ3v) is 6.14. The smallest absolute Gasteiger partial charge is 0.269 e. The third kappa shape index (κ3) is 6.76. The first-order valence-corrected chi connectivity index (χ1v) is 11.7. The van der Waals surface area contributed by atoms with Crippen molar-refractivity contribution in [2.75, 3.05) is 10.6 Å². The minimum atomic E-state index is -0.550. The van der Waals surface area contributed by atoms with Crippen molar-refractivity contribution >= 4 is 40.6 Å². The zero-order valence-corrected chi connectivity index (χ0v) is 20.5. The predicted molar refractivity (Wildman–Crippen MR) is 136 cm³/mol. The highest BCUT2D eigenvalue weighted by Gasteiger charge is 2.22. The van der Waals surface area contributed by atoms with Crippen LogP contribution in [0.25, 0.3) is 0 Å². The molecule has 10 nitrogen and oxygen atoms in total. The van der Waals surface area contributed by atoms with E-state index in [0.717, 1.165) is 5.56 Å². The van der Waals surface area contributed by atoms with Gasteiger partial charge >= 0.3 is 0 Å². The standard InChI is InChI=1S/C24H26N6O4S/c1-5-11-29-21(14-22(31)25-18-8-6-7-15(2)12-18)27-28-24(29)35-17(4)23(32)26-20-10-9-19(30(33)34)13-16(20)3/h5-10,12-13,17H,1,11,14H2,2-4H3,(H,25,31)(H,26,32). The molecule has 1 aromatic heterocycles. The second kappa shape index (κ2) is 11.4. The van der Waals surface area contributed by atoms with Gasteiger partial charge in [-0.05, 0) is 50.1 Å². The summed E-state index contributed by atoms with van der Waals surface area (Å²) in [6.07, 6.45) is 1.68. The van der Waals surface area contributed by atoms with Gasteiger partial charge in [-0.15, -0.1) is 16.8 Å². The summed E-state index contributed by atoms with van der Waals surface area (Å²) in [5.74, 6) is -0.0699. The largest absolute Gasteiger partial charge is 0.326 e. The summed E-state index contributed by atoms with van der Waals surface area (Å²) < 4.78 is 1.74. The first-order chi connectivity index (χ1) is 16.7. The van der Waals surface area contributed by atoms with Crippen LogP contribution in [-0.4, -0.2) is 36.8 Å². The van der Waals surface area contributed by atoms with Gasteiger partial charge in [0.05, 0.1) is 16.6 Å². The monoisotopic (exact) mass is 494 g/mol. The highest BCUT2D eigenvalue weighted by atomic mass is 32.2. The lowest BCUT2D eigenvalue weighted by Gasteiger charge is -2.14. The Bertz CT molecular complexity index is 1270. The van der Waals surface area contributed by atoms with E-state index in [-0.39, 0.29) is 23.9 Å². The zero-order chi connectivity index (χ0) is 25.5. The number of hydrogen-bond acceptors (Lipinski definition) is 7. The Labute approximate surface area is 207 Å². The zero-order valence-electron chi connectivity index (χ0n) is 19.6. The molecular formula is C24H26N6O4S. The number of aromatic nitrogens is 3. The van der Waals surface area contributed by atoms with Crippen LogP contribution in [0.1, 0.15) is 23.9 Å². The number of hydrogen-bond donors (Lipinski definition) is 2. The Morgan fingerprint density at radius 3 is 2.63 bits per heavy atom. The average Bonchev–Trinajstić information content (AvgIpc) is 3.15. The molecule has 2 aromatic carbocycles. The number of nitro groups is 1. The number of benzene rings is 2. The van der Waals surface area contributed by atoms with E-state index in [1.807, 2.05) is 31.2 Å². The van der Waals surface area contributed by atoms with Crippen LogP contribution in [0, 0.1) is 24.0 Å². The van der Waals surface area contributed by atoms with Crippen LogP contribution in [0.5, 0.6) is 0 Å². The van der Waals surface area contributed by atoms with E-state index >= 15 is 0 Å². The number of anilines is 2. The summed E-state index contributed by atoms with van der Waals surface area (Å²) in [5.41, 5.74) is 2.77. The fourth-order valence-corrected chi connectivity index (χ4v) is 4.15. The first kappa shape index (κ1) is 25.6. The van der Waals surface area contributed by atoms with Gasteiger partial charge in [0.25, 0.3) is 5.69 Å². The van der Waals surface area contributed by atoms with Crippen LogP contribution in [0.4, 0.5) is 17.1 Å². The molecule has 1 unspecified atom stereocenters. The van der Waals surface area contributed by atoms with E-state index < -0.39 is 10.2 Å². The van der Waals surface area contributed by atoms with Gasteiger partial charge < -0.3 is 15.2 Å². The minimum absolute atomic E-state index is 0.0118. The topological polar surface area (TPSA) is 132 Å². The van der Waals surface area contributed by atoms with Crippen molar-refractivity contribution in [3.05, 3.63) is 82.2 Å². The second-order valence-corrected chi connectivity index (χ2v) is 9.21. The van der Waals surface area contributed by atoms with Crippen molar-refractivity contribution < 1.29 is 14.5 Å². The molecular weight excluding hydrogens is 468 g/mol. The van der Waals surface area contributed by atoms with Crippen molar-refractivity contribution in [2.24, 2.45) is 0 Å². The van der Waals surface area contributed by atoms with Crippen LogP contribution < -0.4 is 10.6 Å². The van der Waals surface area contributed by atoms with Crippen molar-refractivity contribution in [3.8, 4) is 0 Å². The number of aryl methyl sites for hydroxylation is 2. The number of non-ortho nitro benzene ring substituents is 1. The summed E-state index contributed by atoms with van der Waals surface area (Å²) in [6, 6.07) is 11.8. The average molecular weight is 495 g/mol. The molecule has 0 radical (unpaired) electrons. The van der Waals surface area contributed by atoms with E-state index in [0.29, 0.717) is 34.5 Å². The molecule has 0 fully saturated rings. The number of allylic oxidation sites excluding steroid dienone is 1. The van der Waals surface area contributed by atoms with Crippen LogP contribution in [-0.2, 0) is 22.6 Å².